The predicted octanol–water partition coefficient (Wildman–Crippen LogP) is 2.85. The van der Waals surface area contributed by atoms with E-state index in [9.17, 15) is 9.59 Å². The lowest BCUT2D eigenvalue weighted by molar-refractivity contribution is -0.131. The summed E-state index contributed by atoms with van der Waals surface area (Å²) in [5.41, 5.74) is 1.48. The lowest BCUT2D eigenvalue weighted by Crippen LogP contribution is -2.51. The van der Waals surface area contributed by atoms with Crippen LogP contribution in [0, 0.1) is 0 Å². The summed E-state index contributed by atoms with van der Waals surface area (Å²) in [7, 11) is 0. The summed E-state index contributed by atoms with van der Waals surface area (Å²) >= 11 is 11.9. The summed E-state index contributed by atoms with van der Waals surface area (Å²) in [6, 6.07) is 6.76. The molecule has 1 aliphatic heterocycles. The van der Waals surface area contributed by atoms with E-state index in [0.717, 1.165) is 5.56 Å². The third-order valence-electron chi connectivity index (χ3n) is 4.10. The van der Waals surface area contributed by atoms with Crippen LogP contribution in [0.2, 0.25) is 10.0 Å². The summed E-state index contributed by atoms with van der Waals surface area (Å²) in [5.74, 6) is -0.0115. The number of hydrogen-bond acceptors (Lipinski definition) is 2. The van der Waals surface area contributed by atoms with Crippen molar-refractivity contribution >= 4 is 35.0 Å². The highest BCUT2D eigenvalue weighted by Crippen LogP contribution is 2.23. The summed E-state index contributed by atoms with van der Waals surface area (Å²) in [6.07, 6.45) is 4.00. The Kier molecular flexibility index (Phi) is 5.11. The molecule has 0 bridgehead atoms. The number of aromatic amines is 1. The number of benzene rings is 1. The second-order valence-electron chi connectivity index (χ2n) is 5.70. The molecule has 5 nitrogen and oxygen atoms in total. The molecule has 3 rings (SSSR count). The van der Waals surface area contributed by atoms with E-state index in [4.69, 9.17) is 23.2 Å². The Bertz CT molecular complexity index is 738. The number of nitrogens with one attached hydrogen (secondary N) is 1. The van der Waals surface area contributed by atoms with Crippen LogP contribution in [-0.4, -0.2) is 52.8 Å². The van der Waals surface area contributed by atoms with Crippen molar-refractivity contribution in [1.82, 2.24) is 14.8 Å². The summed E-state index contributed by atoms with van der Waals surface area (Å²) < 4.78 is 0. The van der Waals surface area contributed by atoms with Crippen LogP contribution in [0.4, 0.5) is 0 Å². The van der Waals surface area contributed by atoms with Gasteiger partial charge in [-0.1, -0.05) is 23.2 Å². The fraction of sp³-hybridized carbons (Fsp3) is 0.294. The molecule has 7 heteroatoms. The maximum atomic E-state index is 12.5. The van der Waals surface area contributed by atoms with Crippen LogP contribution in [0.3, 0.4) is 0 Å². The average molecular weight is 366 g/mol. The molecule has 0 spiro atoms. The van der Waals surface area contributed by atoms with Crippen molar-refractivity contribution in [3.63, 3.8) is 0 Å². The van der Waals surface area contributed by atoms with Crippen molar-refractivity contribution < 1.29 is 9.59 Å². The number of nitrogens with zero attached hydrogens (tertiary/aromatic N) is 2. The van der Waals surface area contributed by atoms with Crippen molar-refractivity contribution in [3.05, 3.63) is 57.8 Å². The van der Waals surface area contributed by atoms with Gasteiger partial charge in [0.05, 0.1) is 16.5 Å². The Morgan fingerprint density at radius 3 is 2.33 bits per heavy atom. The molecule has 1 saturated heterocycles. The van der Waals surface area contributed by atoms with Crippen LogP contribution in [0.5, 0.6) is 0 Å². The first-order valence-electron chi connectivity index (χ1n) is 7.68. The smallest absolute Gasteiger partial charge is 0.254 e. The van der Waals surface area contributed by atoms with E-state index < -0.39 is 0 Å². The van der Waals surface area contributed by atoms with Gasteiger partial charge in [-0.25, -0.2) is 0 Å². The van der Waals surface area contributed by atoms with E-state index in [2.05, 4.69) is 4.98 Å². The first-order valence-corrected chi connectivity index (χ1v) is 8.44. The number of halogens is 2. The molecular weight excluding hydrogens is 349 g/mol. The standard InChI is InChI=1S/C17H17Cl2N3O2/c18-14-2-1-13(10-15(14)19)17(24)22-7-5-21(6-8-22)16(23)9-12-3-4-20-11-12/h1-4,10-11,20H,5-9H2. The monoisotopic (exact) mass is 365 g/mol. The van der Waals surface area contributed by atoms with Gasteiger partial charge >= 0.3 is 0 Å². The number of carbonyl (C=O) groups excluding carboxylic acids is 2. The minimum Gasteiger partial charge on any atom is -0.367 e. The lowest BCUT2D eigenvalue weighted by Gasteiger charge is -2.35. The van der Waals surface area contributed by atoms with E-state index in [1.165, 1.54) is 0 Å². The predicted molar refractivity (Wildman–Crippen MR) is 93.4 cm³/mol. The van der Waals surface area contributed by atoms with Gasteiger partial charge in [0.25, 0.3) is 5.91 Å². The number of amides is 2. The van der Waals surface area contributed by atoms with Crippen molar-refractivity contribution in [2.24, 2.45) is 0 Å². The Morgan fingerprint density at radius 2 is 1.71 bits per heavy atom. The number of carbonyl (C=O) groups is 2. The quantitative estimate of drug-likeness (QED) is 0.908. The van der Waals surface area contributed by atoms with Crippen LogP contribution in [0.25, 0.3) is 0 Å². The van der Waals surface area contributed by atoms with E-state index in [-0.39, 0.29) is 11.8 Å². The van der Waals surface area contributed by atoms with Gasteiger partial charge in [-0.2, -0.15) is 0 Å². The van der Waals surface area contributed by atoms with Crippen molar-refractivity contribution in [2.45, 2.75) is 6.42 Å². The minimum atomic E-state index is -0.0914. The molecule has 2 aromatic rings. The number of hydrogen-bond donors (Lipinski definition) is 1. The topological polar surface area (TPSA) is 56.4 Å². The second kappa shape index (κ2) is 7.28. The molecule has 1 aromatic heterocycles. The maximum absolute atomic E-state index is 12.5. The summed E-state index contributed by atoms with van der Waals surface area (Å²) in [4.78, 5) is 31.3. The van der Waals surface area contributed by atoms with Gasteiger partial charge in [-0.3, -0.25) is 9.59 Å². The SMILES string of the molecule is O=C(Cc1cc[nH]c1)N1CCN(C(=O)c2ccc(Cl)c(Cl)c2)CC1. The number of H-pyrrole nitrogens is 1. The molecular formula is C17H17Cl2N3O2. The summed E-state index contributed by atoms with van der Waals surface area (Å²) in [6.45, 7) is 2.10. The molecule has 126 valence electrons. The van der Waals surface area contributed by atoms with E-state index in [1.54, 1.807) is 34.2 Å². The van der Waals surface area contributed by atoms with Crippen LogP contribution >= 0.6 is 23.2 Å². The molecule has 2 amide bonds. The van der Waals surface area contributed by atoms with E-state index in [0.29, 0.717) is 48.2 Å². The maximum Gasteiger partial charge on any atom is 0.254 e. The van der Waals surface area contributed by atoms with Gasteiger partial charge in [-0.15, -0.1) is 0 Å². The Labute approximate surface area is 150 Å². The molecule has 0 radical (unpaired) electrons. The van der Waals surface area contributed by atoms with Gasteiger partial charge in [0.2, 0.25) is 5.91 Å². The van der Waals surface area contributed by atoms with Gasteiger partial charge in [0.15, 0.2) is 0 Å². The number of rotatable bonds is 3. The van der Waals surface area contributed by atoms with Crippen molar-refractivity contribution in [3.8, 4) is 0 Å². The molecule has 0 saturated carbocycles. The fourth-order valence-electron chi connectivity index (χ4n) is 2.73. The minimum absolute atomic E-state index is 0.0798. The Hall–Kier alpha value is -1.98. The van der Waals surface area contributed by atoms with Gasteiger partial charge in [0, 0.05) is 44.1 Å². The molecule has 2 heterocycles. The highest BCUT2D eigenvalue weighted by molar-refractivity contribution is 6.42. The van der Waals surface area contributed by atoms with Gasteiger partial charge < -0.3 is 14.8 Å². The molecule has 1 aromatic carbocycles. The van der Waals surface area contributed by atoms with Crippen LogP contribution in [-0.2, 0) is 11.2 Å². The number of piperazine rings is 1. The average Bonchev–Trinajstić information content (AvgIpc) is 3.10. The normalized spacial score (nSPS) is 14.8. The number of aromatic nitrogens is 1. The highest BCUT2D eigenvalue weighted by atomic mass is 35.5. The first kappa shape index (κ1) is 16.9. The molecule has 0 aliphatic carbocycles. The summed E-state index contributed by atoms with van der Waals surface area (Å²) in [5, 5.41) is 0.788. The van der Waals surface area contributed by atoms with Crippen LogP contribution < -0.4 is 0 Å². The third kappa shape index (κ3) is 3.74. The third-order valence-corrected chi connectivity index (χ3v) is 4.84. The molecule has 0 unspecified atom stereocenters. The van der Waals surface area contributed by atoms with Crippen molar-refractivity contribution in [1.29, 1.82) is 0 Å². The molecule has 24 heavy (non-hydrogen) atoms. The Morgan fingerprint density at radius 1 is 1.00 bits per heavy atom. The molecule has 0 atom stereocenters. The van der Waals surface area contributed by atoms with E-state index >= 15 is 0 Å². The van der Waals surface area contributed by atoms with Crippen molar-refractivity contribution in [2.75, 3.05) is 26.2 Å². The first-order chi connectivity index (χ1) is 11.5. The molecule has 1 N–H and O–H groups in total. The Balaban J connectivity index is 1.57. The van der Waals surface area contributed by atoms with Crippen LogP contribution in [0.15, 0.2) is 36.7 Å². The highest BCUT2D eigenvalue weighted by Gasteiger charge is 2.25. The lowest BCUT2D eigenvalue weighted by atomic mass is 10.1. The zero-order valence-electron chi connectivity index (χ0n) is 13.0. The molecule has 1 aliphatic rings. The largest absolute Gasteiger partial charge is 0.367 e. The van der Waals surface area contributed by atoms with E-state index in [1.807, 2.05) is 12.3 Å². The van der Waals surface area contributed by atoms with Crippen LogP contribution in [0.1, 0.15) is 15.9 Å². The fourth-order valence-corrected chi connectivity index (χ4v) is 3.02. The zero-order valence-corrected chi connectivity index (χ0v) is 14.5. The zero-order chi connectivity index (χ0) is 17.1. The van der Waals surface area contributed by atoms with Gasteiger partial charge in [-0.05, 0) is 29.8 Å². The molecule has 1 fully saturated rings. The second-order valence-corrected chi connectivity index (χ2v) is 6.51. The van der Waals surface area contributed by atoms with Gasteiger partial charge in [0.1, 0.15) is 0 Å².